The number of allylic oxidation sites excluding steroid dienone is 2. The highest BCUT2D eigenvalue weighted by atomic mass is 35.5. The maximum absolute atomic E-state index is 5.71. The lowest BCUT2D eigenvalue weighted by Crippen LogP contribution is -1.83. The molecule has 0 unspecified atom stereocenters. The molecule has 0 aliphatic carbocycles. The Morgan fingerprint density at radius 2 is 2.00 bits per heavy atom. The van der Waals surface area contributed by atoms with Crippen LogP contribution in [0.1, 0.15) is 39.5 Å². The summed E-state index contributed by atoms with van der Waals surface area (Å²) in [5.41, 5.74) is 1.41. The summed E-state index contributed by atoms with van der Waals surface area (Å²) in [6.07, 6.45) is 7.06. The topological polar surface area (TPSA) is 0 Å². The number of hydrogen-bond acceptors (Lipinski definition) is 0. The van der Waals surface area contributed by atoms with E-state index >= 15 is 0 Å². The molecular formula is C9H17Cl. The first-order valence-electron chi connectivity index (χ1n) is 4.09. The van der Waals surface area contributed by atoms with Crippen LogP contribution in [0, 0.1) is 0 Å². The Balaban J connectivity index is 3.55. The zero-order chi connectivity index (χ0) is 7.82. The molecule has 0 rings (SSSR count). The smallest absolute Gasteiger partial charge is 0.0433 e. The predicted molar refractivity (Wildman–Crippen MR) is 48.6 cm³/mol. The van der Waals surface area contributed by atoms with Crippen molar-refractivity contribution in [3.63, 3.8) is 0 Å². The highest BCUT2D eigenvalue weighted by Crippen LogP contribution is 2.08. The van der Waals surface area contributed by atoms with Crippen molar-refractivity contribution in [1.82, 2.24) is 0 Å². The largest absolute Gasteiger partial charge is 0.122 e. The van der Waals surface area contributed by atoms with Crippen LogP contribution in [0.25, 0.3) is 0 Å². The molecule has 60 valence electrons. The highest BCUT2D eigenvalue weighted by molar-refractivity contribution is 6.19. The molecule has 0 radical (unpaired) electrons. The summed E-state index contributed by atoms with van der Waals surface area (Å²) in [7, 11) is 0. The van der Waals surface area contributed by atoms with Gasteiger partial charge in [-0.05, 0) is 12.8 Å². The van der Waals surface area contributed by atoms with E-state index in [1.54, 1.807) is 0 Å². The molecule has 1 heteroatoms. The van der Waals surface area contributed by atoms with E-state index in [2.05, 4.69) is 19.9 Å². The molecule has 0 saturated carbocycles. The molecule has 0 aromatic rings. The zero-order valence-corrected chi connectivity index (χ0v) is 7.75. The van der Waals surface area contributed by atoms with Crippen molar-refractivity contribution >= 4 is 11.6 Å². The molecule has 0 atom stereocenters. The minimum Gasteiger partial charge on any atom is -0.122 e. The van der Waals surface area contributed by atoms with Gasteiger partial charge in [-0.1, -0.05) is 38.3 Å². The second-order valence-corrected chi connectivity index (χ2v) is 2.80. The lowest BCUT2D eigenvalue weighted by atomic mass is 10.1. The first kappa shape index (κ1) is 10.0. The van der Waals surface area contributed by atoms with Crippen LogP contribution in [0.2, 0.25) is 0 Å². The maximum Gasteiger partial charge on any atom is 0.0433 e. The van der Waals surface area contributed by atoms with E-state index in [1.807, 2.05) is 0 Å². The van der Waals surface area contributed by atoms with E-state index in [1.165, 1.54) is 31.3 Å². The van der Waals surface area contributed by atoms with E-state index in [0.29, 0.717) is 5.88 Å². The minimum absolute atomic E-state index is 0.716. The van der Waals surface area contributed by atoms with Gasteiger partial charge >= 0.3 is 0 Å². The highest BCUT2D eigenvalue weighted by Gasteiger charge is 1.91. The van der Waals surface area contributed by atoms with Gasteiger partial charge in [0.1, 0.15) is 0 Å². The molecule has 0 spiro atoms. The molecule has 0 aliphatic rings. The van der Waals surface area contributed by atoms with Gasteiger partial charge < -0.3 is 0 Å². The average Bonchev–Trinajstić information content (AvgIpc) is 1.98. The van der Waals surface area contributed by atoms with E-state index < -0.39 is 0 Å². The fourth-order valence-corrected chi connectivity index (χ4v) is 1.14. The van der Waals surface area contributed by atoms with Crippen LogP contribution in [0.4, 0.5) is 0 Å². The molecule has 0 fully saturated rings. The summed E-state index contributed by atoms with van der Waals surface area (Å²) in [5.74, 6) is 0.716. The molecular weight excluding hydrogens is 144 g/mol. The quantitative estimate of drug-likeness (QED) is 0.425. The SMILES string of the molecule is CCC/C=C(/CCl)CCC. The monoisotopic (exact) mass is 160 g/mol. The van der Waals surface area contributed by atoms with Crippen molar-refractivity contribution in [2.24, 2.45) is 0 Å². The average molecular weight is 161 g/mol. The van der Waals surface area contributed by atoms with Gasteiger partial charge in [0.25, 0.3) is 0 Å². The van der Waals surface area contributed by atoms with Gasteiger partial charge in [-0.3, -0.25) is 0 Å². The standard InChI is InChI=1S/C9H17Cl/c1-3-5-7-9(8-10)6-4-2/h7H,3-6,8H2,1-2H3/b9-7+. The van der Waals surface area contributed by atoms with Crippen LogP contribution in [-0.2, 0) is 0 Å². The van der Waals surface area contributed by atoms with Crippen molar-refractivity contribution in [2.75, 3.05) is 5.88 Å². The van der Waals surface area contributed by atoms with Gasteiger partial charge in [0.2, 0.25) is 0 Å². The van der Waals surface area contributed by atoms with Crippen molar-refractivity contribution in [3.8, 4) is 0 Å². The molecule has 0 nitrogen and oxygen atoms in total. The van der Waals surface area contributed by atoms with Gasteiger partial charge in [0.15, 0.2) is 0 Å². The Morgan fingerprint density at radius 1 is 1.30 bits per heavy atom. The summed E-state index contributed by atoms with van der Waals surface area (Å²) in [6.45, 7) is 4.38. The van der Waals surface area contributed by atoms with E-state index in [4.69, 9.17) is 11.6 Å². The fourth-order valence-electron chi connectivity index (χ4n) is 0.893. The summed E-state index contributed by atoms with van der Waals surface area (Å²) in [6, 6.07) is 0. The van der Waals surface area contributed by atoms with E-state index in [0.717, 1.165) is 0 Å². The summed E-state index contributed by atoms with van der Waals surface area (Å²) in [5, 5.41) is 0. The van der Waals surface area contributed by atoms with Gasteiger partial charge in [-0.25, -0.2) is 0 Å². The molecule has 0 aliphatic heterocycles. The minimum atomic E-state index is 0.716. The fraction of sp³-hybridized carbons (Fsp3) is 0.778. The molecule has 0 bridgehead atoms. The lowest BCUT2D eigenvalue weighted by molar-refractivity contribution is 0.878. The number of hydrogen-bond donors (Lipinski definition) is 0. The lowest BCUT2D eigenvalue weighted by Gasteiger charge is -1.99. The van der Waals surface area contributed by atoms with Crippen LogP contribution < -0.4 is 0 Å². The third kappa shape index (κ3) is 4.87. The Hall–Kier alpha value is 0.0300. The molecule has 10 heavy (non-hydrogen) atoms. The molecule has 0 amide bonds. The Bertz CT molecular complexity index is 94.9. The number of alkyl halides is 1. The first-order valence-corrected chi connectivity index (χ1v) is 4.62. The van der Waals surface area contributed by atoms with Crippen LogP contribution in [-0.4, -0.2) is 5.88 Å². The van der Waals surface area contributed by atoms with Gasteiger partial charge in [0, 0.05) is 5.88 Å². The molecule has 0 saturated heterocycles. The Kier molecular flexibility index (Phi) is 7.16. The third-order valence-electron chi connectivity index (χ3n) is 1.46. The van der Waals surface area contributed by atoms with E-state index in [9.17, 15) is 0 Å². The maximum atomic E-state index is 5.71. The van der Waals surface area contributed by atoms with Gasteiger partial charge in [0.05, 0.1) is 0 Å². The second-order valence-electron chi connectivity index (χ2n) is 2.53. The van der Waals surface area contributed by atoms with Crippen LogP contribution in [0.3, 0.4) is 0 Å². The molecule has 0 aromatic carbocycles. The molecule has 0 heterocycles. The van der Waals surface area contributed by atoms with Crippen molar-refractivity contribution in [2.45, 2.75) is 39.5 Å². The number of unbranched alkanes of at least 4 members (excludes halogenated alkanes) is 1. The normalized spacial score (nSPS) is 12.1. The summed E-state index contributed by atoms with van der Waals surface area (Å²) in [4.78, 5) is 0. The summed E-state index contributed by atoms with van der Waals surface area (Å²) < 4.78 is 0. The third-order valence-corrected chi connectivity index (χ3v) is 1.81. The molecule has 0 N–H and O–H groups in total. The Labute approximate surface area is 69.3 Å². The number of halogens is 1. The van der Waals surface area contributed by atoms with Crippen LogP contribution >= 0.6 is 11.6 Å². The second kappa shape index (κ2) is 7.14. The van der Waals surface area contributed by atoms with Gasteiger partial charge in [-0.2, -0.15) is 0 Å². The van der Waals surface area contributed by atoms with Crippen LogP contribution in [0.15, 0.2) is 11.6 Å². The van der Waals surface area contributed by atoms with Crippen molar-refractivity contribution in [1.29, 1.82) is 0 Å². The van der Waals surface area contributed by atoms with Crippen molar-refractivity contribution in [3.05, 3.63) is 11.6 Å². The van der Waals surface area contributed by atoms with Crippen molar-refractivity contribution < 1.29 is 0 Å². The van der Waals surface area contributed by atoms with Gasteiger partial charge in [-0.15, -0.1) is 11.6 Å². The Morgan fingerprint density at radius 3 is 2.40 bits per heavy atom. The summed E-state index contributed by atoms with van der Waals surface area (Å²) >= 11 is 5.71. The molecule has 0 aromatic heterocycles. The number of rotatable bonds is 5. The predicted octanol–water partition coefficient (Wildman–Crippen LogP) is 3.75. The first-order chi connectivity index (χ1) is 4.85. The zero-order valence-electron chi connectivity index (χ0n) is 6.99. The van der Waals surface area contributed by atoms with E-state index in [-0.39, 0.29) is 0 Å². The van der Waals surface area contributed by atoms with Crippen LogP contribution in [0.5, 0.6) is 0 Å².